The average molecular weight is 579 g/mol. The van der Waals surface area contributed by atoms with E-state index in [2.05, 4.69) is 42.6 Å². The second-order valence-electron chi connectivity index (χ2n) is 9.16. The number of nitrogens with one attached hydrogen (secondary N) is 1. The number of primary amides is 1. The molecule has 3 aromatic rings. The maximum atomic E-state index is 10.8. The number of allylic oxidation sites excluding steroid dienone is 1. The normalized spacial score (nSPS) is 12.5. The number of aryl methyl sites for hydroxylation is 2. The molecule has 10 nitrogen and oxygen atoms in total. The van der Waals surface area contributed by atoms with Gasteiger partial charge < -0.3 is 25.4 Å². The van der Waals surface area contributed by atoms with Crippen LogP contribution in [0.5, 0.6) is 11.5 Å². The van der Waals surface area contributed by atoms with E-state index in [0.29, 0.717) is 11.4 Å². The van der Waals surface area contributed by atoms with Gasteiger partial charge in [-0.25, -0.2) is 0 Å². The Bertz CT molecular complexity index is 1500. The second-order valence-corrected chi connectivity index (χ2v) is 9.56. The summed E-state index contributed by atoms with van der Waals surface area (Å²) in [5.41, 5.74) is 12.1. The van der Waals surface area contributed by atoms with Crippen LogP contribution in [0.1, 0.15) is 30.0 Å². The monoisotopic (exact) mass is 578 g/mol. The maximum Gasteiger partial charge on any atom is 0.269 e. The SMILES string of the molecule is C=CC(N)=O.CC1=C(N(C)c2ccc3c(c2)OCO3)c2cc(NC=O)ccc2CC1.Cc1cc([N+](=O)[O-])ccc1Cl. The van der Waals surface area contributed by atoms with E-state index in [-0.39, 0.29) is 12.5 Å². The average Bonchev–Trinajstić information content (AvgIpc) is 3.43. The van der Waals surface area contributed by atoms with Gasteiger partial charge in [-0.3, -0.25) is 19.7 Å². The minimum absolute atomic E-state index is 0.0758. The van der Waals surface area contributed by atoms with Gasteiger partial charge in [0.1, 0.15) is 0 Å². The lowest BCUT2D eigenvalue weighted by atomic mass is 9.89. The van der Waals surface area contributed by atoms with Crippen molar-refractivity contribution in [2.24, 2.45) is 5.73 Å². The Morgan fingerprint density at radius 3 is 2.44 bits per heavy atom. The van der Waals surface area contributed by atoms with Crippen LogP contribution in [-0.4, -0.2) is 31.1 Å². The summed E-state index contributed by atoms with van der Waals surface area (Å²) in [5, 5.41) is 13.5. The zero-order chi connectivity index (χ0) is 30.1. The summed E-state index contributed by atoms with van der Waals surface area (Å²) in [6.07, 6.45) is 3.81. The van der Waals surface area contributed by atoms with Crippen molar-refractivity contribution in [2.45, 2.75) is 26.7 Å². The molecule has 214 valence electrons. The third-order valence-electron chi connectivity index (χ3n) is 6.40. The Hall–Kier alpha value is -4.83. The van der Waals surface area contributed by atoms with Crippen molar-refractivity contribution in [1.82, 2.24) is 0 Å². The van der Waals surface area contributed by atoms with Crippen LogP contribution < -0.4 is 25.4 Å². The topological polar surface area (TPSA) is 137 Å². The van der Waals surface area contributed by atoms with E-state index in [1.807, 2.05) is 30.3 Å². The van der Waals surface area contributed by atoms with E-state index in [4.69, 9.17) is 21.1 Å². The predicted molar refractivity (Wildman–Crippen MR) is 160 cm³/mol. The van der Waals surface area contributed by atoms with Crippen LogP contribution in [0.3, 0.4) is 0 Å². The van der Waals surface area contributed by atoms with E-state index in [0.717, 1.165) is 52.9 Å². The Kier molecular flexibility index (Phi) is 10.5. The van der Waals surface area contributed by atoms with Gasteiger partial charge in [0, 0.05) is 52.9 Å². The number of hydrogen-bond acceptors (Lipinski definition) is 7. The molecular formula is C30H31ClN4O6. The molecule has 0 bridgehead atoms. The number of nitro groups is 1. The molecule has 3 N–H and O–H groups in total. The maximum absolute atomic E-state index is 10.8. The highest BCUT2D eigenvalue weighted by molar-refractivity contribution is 6.31. The van der Waals surface area contributed by atoms with Crippen LogP contribution in [0.4, 0.5) is 17.1 Å². The van der Waals surface area contributed by atoms with Crippen molar-refractivity contribution in [3.05, 3.63) is 105 Å². The largest absolute Gasteiger partial charge is 0.454 e. The Morgan fingerprint density at radius 1 is 1.10 bits per heavy atom. The van der Waals surface area contributed by atoms with Gasteiger partial charge in [-0.15, -0.1) is 0 Å². The molecule has 2 aliphatic rings. The molecule has 1 aliphatic heterocycles. The number of ether oxygens (including phenoxy) is 2. The molecule has 0 unspecified atom stereocenters. The highest BCUT2D eigenvalue weighted by Gasteiger charge is 2.23. The number of halogens is 1. The molecule has 0 fully saturated rings. The standard InChI is InChI=1S/C20H20N2O3.C7H6ClNO2.C3H5NO/c1-13-3-4-14-5-6-15(21-11-23)9-17(14)20(13)22(2)16-7-8-18-19(10-16)25-12-24-18;1-5-4-6(9(10)11)2-3-7(5)8;1-2-3(4)5/h5-11H,3-4,12H2,1-2H3,(H,21,23);2-4H,1H3;2H,1H2,(H2,4,5). The predicted octanol–water partition coefficient (Wildman–Crippen LogP) is 6.01. The molecule has 41 heavy (non-hydrogen) atoms. The molecule has 1 heterocycles. The first kappa shape index (κ1) is 30.7. The van der Waals surface area contributed by atoms with E-state index < -0.39 is 10.8 Å². The minimum atomic E-state index is -0.481. The quantitative estimate of drug-likeness (QED) is 0.158. The number of non-ortho nitro benzene ring substituents is 1. The van der Waals surface area contributed by atoms with Crippen molar-refractivity contribution < 1.29 is 24.0 Å². The highest BCUT2D eigenvalue weighted by Crippen LogP contribution is 2.40. The van der Waals surface area contributed by atoms with Gasteiger partial charge in [0.05, 0.1) is 4.92 Å². The molecule has 0 spiro atoms. The Labute approximate surface area is 243 Å². The van der Waals surface area contributed by atoms with Gasteiger partial charge in [-0.2, -0.15) is 0 Å². The lowest BCUT2D eigenvalue weighted by molar-refractivity contribution is -0.384. The molecule has 5 rings (SSSR count). The van der Waals surface area contributed by atoms with Crippen LogP contribution in [-0.2, 0) is 16.0 Å². The lowest BCUT2D eigenvalue weighted by Gasteiger charge is -2.30. The van der Waals surface area contributed by atoms with E-state index in [1.165, 1.54) is 35.0 Å². The zero-order valence-corrected chi connectivity index (χ0v) is 23.7. The van der Waals surface area contributed by atoms with Gasteiger partial charge in [0.2, 0.25) is 19.1 Å². The number of carbonyl (C=O) groups is 2. The molecule has 11 heteroatoms. The molecule has 1 aliphatic carbocycles. The van der Waals surface area contributed by atoms with E-state index >= 15 is 0 Å². The number of benzene rings is 3. The molecule has 3 aromatic carbocycles. The summed E-state index contributed by atoms with van der Waals surface area (Å²) in [6, 6.07) is 16.4. The van der Waals surface area contributed by atoms with Crippen LogP contribution in [0.25, 0.3) is 5.70 Å². The summed E-state index contributed by atoms with van der Waals surface area (Å²) in [4.78, 5) is 32.2. The van der Waals surface area contributed by atoms with Gasteiger partial charge in [-0.05, 0) is 79.8 Å². The number of nitrogens with two attached hydrogens (primary N) is 1. The second kappa shape index (κ2) is 14.0. The minimum Gasteiger partial charge on any atom is -0.454 e. The van der Waals surface area contributed by atoms with Crippen LogP contribution in [0, 0.1) is 17.0 Å². The highest BCUT2D eigenvalue weighted by atomic mass is 35.5. The Balaban J connectivity index is 0.000000239. The summed E-state index contributed by atoms with van der Waals surface area (Å²) in [5.74, 6) is 1.07. The van der Waals surface area contributed by atoms with E-state index in [1.54, 1.807) is 6.92 Å². The smallest absolute Gasteiger partial charge is 0.269 e. The third-order valence-corrected chi connectivity index (χ3v) is 6.82. The molecule has 0 aromatic heterocycles. The number of amides is 2. The number of rotatable bonds is 6. The number of nitrogens with zero attached hydrogens (tertiary/aromatic N) is 2. The third kappa shape index (κ3) is 7.86. The summed E-state index contributed by atoms with van der Waals surface area (Å²) < 4.78 is 10.9. The summed E-state index contributed by atoms with van der Waals surface area (Å²) in [7, 11) is 2.06. The van der Waals surface area contributed by atoms with Gasteiger partial charge in [-0.1, -0.05) is 24.2 Å². The number of anilines is 2. The molecule has 0 saturated carbocycles. The molecular weight excluding hydrogens is 548 g/mol. The first-order valence-corrected chi connectivity index (χ1v) is 12.9. The van der Waals surface area contributed by atoms with Crippen molar-refractivity contribution in [1.29, 1.82) is 0 Å². The fraction of sp³-hybridized carbons (Fsp3) is 0.200. The van der Waals surface area contributed by atoms with Crippen molar-refractivity contribution >= 4 is 46.7 Å². The van der Waals surface area contributed by atoms with Crippen molar-refractivity contribution in [2.75, 3.05) is 24.1 Å². The molecule has 0 atom stereocenters. The van der Waals surface area contributed by atoms with Gasteiger partial charge in [0.25, 0.3) is 5.69 Å². The van der Waals surface area contributed by atoms with Gasteiger partial charge in [0.15, 0.2) is 11.5 Å². The van der Waals surface area contributed by atoms with Crippen LogP contribution in [0.15, 0.2) is 72.8 Å². The fourth-order valence-corrected chi connectivity index (χ4v) is 4.39. The van der Waals surface area contributed by atoms with Crippen LogP contribution in [0.2, 0.25) is 5.02 Å². The molecule has 2 amide bonds. The summed E-state index contributed by atoms with van der Waals surface area (Å²) >= 11 is 5.66. The number of carbonyl (C=O) groups excluding carboxylic acids is 2. The van der Waals surface area contributed by atoms with E-state index in [9.17, 15) is 19.7 Å². The first-order chi connectivity index (χ1) is 19.5. The first-order valence-electron chi connectivity index (χ1n) is 12.5. The van der Waals surface area contributed by atoms with Crippen molar-refractivity contribution in [3.8, 4) is 11.5 Å². The number of hydrogen-bond donors (Lipinski definition) is 2. The number of fused-ring (bicyclic) bond motifs is 2. The van der Waals surface area contributed by atoms with Crippen molar-refractivity contribution in [3.63, 3.8) is 0 Å². The molecule has 0 saturated heterocycles. The lowest BCUT2D eigenvalue weighted by Crippen LogP contribution is -2.20. The number of nitro benzene ring substituents is 1. The fourth-order valence-electron chi connectivity index (χ4n) is 4.28. The molecule has 0 radical (unpaired) electrons. The zero-order valence-electron chi connectivity index (χ0n) is 23.0. The Morgan fingerprint density at radius 2 is 1.80 bits per heavy atom. The van der Waals surface area contributed by atoms with Gasteiger partial charge >= 0.3 is 0 Å². The van der Waals surface area contributed by atoms with Crippen LogP contribution >= 0.6 is 11.6 Å². The summed E-state index contributed by atoms with van der Waals surface area (Å²) in [6.45, 7) is 7.26.